The highest BCUT2D eigenvalue weighted by Crippen LogP contribution is 2.59. The van der Waals surface area contributed by atoms with Crippen molar-refractivity contribution in [3.8, 4) is 0 Å². The molecule has 0 heterocycles. The summed E-state index contributed by atoms with van der Waals surface area (Å²) in [6.45, 7) is 14.0. The smallest absolute Gasteiger partial charge is 0.242 e. The van der Waals surface area contributed by atoms with Crippen molar-refractivity contribution in [2.45, 2.75) is 67.0 Å². The van der Waals surface area contributed by atoms with Gasteiger partial charge in [0.05, 0.1) is 5.92 Å². The van der Waals surface area contributed by atoms with Crippen LogP contribution in [0.4, 0.5) is 0 Å². The topological polar surface area (TPSA) is 58.2 Å². The van der Waals surface area contributed by atoms with Crippen LogP contribution in [0.3, 0.4) is 0 Å². The minimum atomic E-state index is -0.491. The van der Waals surface area contributed by atoms with E-state index in [9.17, 15) is 9.59 Å². The van der Waals surface area contributed by atoms with E-state index in [2.05, 4.69) is 30.6 Å². The van der Waals surface area contributed by atoms with Crippen LogP contribution < -0.4 is 10.6 Å². The Kier molecular flexibility index (Phi) is 5.60. The van der Waals surface area contributed by atoms with Crippen LogP contribution in [0.25, 0.3) is 0 Å². The second kappa shape index (κ2) is 6.63. The molecule has 0 unspecified atom stereocenters. The Hall–Kier alpha value is -1.32. The number of nitrogens with one attached hydrogen (secondary N) is 2. The Labute approximate surface area is 128 Å². The Morgan fingerprint density at radius 3 is 2.24 bits per heavy atom. The van der Waals surface area contributed by atoms with Crippen molar-refractivity contribution in [2.24, 2.45) is 17.3 Å². The summed E-state index contributed by atoms with van der Waals surface area (Å²) in [5, 5.41) is 5.74. The van der Waals surface area contributed by atoms with Crippen molar-refractivity contribution in [3.05, 3.63) is 11.6 Å². The minimum absolute atomic E-state index is 0.0192. The fourth-order valence-corrected chi connectivity index (χ4v) is 2.69. The van der Waals surface area contributed by atoms with E-state index >= 15 is 0 Å². The Bertz CT molecular complexity index is 436. The Morgan fingerprint density at radius 1 is 1.19 bits per heavy atom. The monoisotopic (exact) mass is 294 g/mol. The quantitative estimate of drug-likeness (QED) is 0.740. The summed E-state index contributed by atoms with van der Waals surface area (Å²) in [4.78, 5) is 24.3. The van der Waals surface area contributed by atoms with Gasteiger partial charge in [0.25, 0.3) is 0 Å². The number of rotatable bonds is 6. The first kappa shape index (κ1) is 17.7. The van der Waals surface area contributed by atoms with Gasteiger partial charge in [-0.1, -0.05) is 32.4 Å². The van der Waals surface area contributed by atoms with Crippen molar-refractivity contribution in [1.82, 2.24) is 10.6 Å². The number of allylic oxidation sites excluding steroid dienone is 2. The van der Waals surface area contributed by atoms with Crippen LogP contribution in [-0.2, 0) is 9.59 Å². The summed E-state index contributed by atoms with van der Waals surface area (Å²) in [5.74, 6) is 0.0998. The zero-order valence-electron chi connectivity index (χ0n) is 14.4. The van der Waals surface area contributed by atoms with Gasteiger partial charge in [0.2, 0.25) is 11.8 Å². The molecule has 0 aromatic carbocycles. The van der Waals surface area contributed by atoms with Crippen molar-refractivity contribution < 1.29 is 9.59 Å². The van der Waals surface area contributed by atoms with Gasteiger partial charge in [0.1, 0.15) is 6.04 Å². The lowest BCUT2D eigenvalue weighted by molar-refractivity contribution is -0.130. The van der Waals surface area contributed by atoms with E-state index in [0.29, 0.717) is 0 Å². The van der Waals surface area contributed by atoms with Crippen LogP contribution in [0.15, 0.2) is 11.6 Å². The fourth-order valence-electron chi connectivity index (χ4n) is 2.69. The van der Waals surface area contributed by atoms with Gasteiger partial charge < -0.3 is 10.6 Å². The molecule has 2 N–H and O–H groups in total. The second-order valence-electron chi connectivity index (χ2n) is 7.12. The summed E-state index contributed by atoms with van der Waals surface area (Å²) >= 11 is 0. The zero-order valence-corrected chi connectivity index (χ0v) is 14.4. The first-order valence-corrected chi connectivity index (χ1v) is 7.87. The Morgan fingerprint density at radius 2 is 1.76 bits per heavy atom. The molecule has 0 radical (unpaired) electrons. The summed E-state index contributed by atoms with van der Waals surface area (Å²) in [7, 11) is 0. The first-order valence-electron chi connectivity index (χ1n) is 7.87. The van der Waals surface area contributed by atoms with Gasteiger partial charge in [-0.2, -0.15) is 0 Å². The molecular formula is C17H30N2O2. The van der Waals surface area contributed by atoms with Gasteiger partial charge in [-0.25, -0.2) is 0 Å². The molecule has 0 bridgehead atoms. The minimum Gasteiger partial charge on any atom is -0.352 e. The SMILES string of the molecule is CC[C@H](C)NC(=O)[C@H](C)NC(=O)[C@H]1[C@@H](C=C(C)C)C1(C)C. The molecule has 1 saturated carbocycles. The largest absolute Gasteiger partial charge is 0.352 e. The fraction of sp³-hybridized carbons (Fsp3) is 0.765. The lowest BCUT2D eigenvalue weighted by Gasteiger charge is -2.17. The molecule has 1 aliphatic carbocycles. The van der Waals surface area contributed by atoms with E-state index in [4.69, 9.17) is 0 Å². The molecule has 0 aromatic rings. The molecular weight excluding hydrogens is 264 g/mol. The standard InChI is InChI=1S/C17H30N2O2/c1-8-11(4)18-15(20)12(5)19-16(21)14-13(9-10(2)3)17(14,6)7/h9,11-14H,8H2,1-7H3,(H,18,20)(H,19,21)/t11-,12-,13+,14+/m0/s1. The van der Waals surface area contributed by atoms with Crippen LogP contribution >= 0.6 is 0 Å². The van der Waals surface area contributed by atoms with Gasteiger partial charge in [-0.05, 0) is 45.4 Å². The van der Waals surface area contributed by atoms with Crippen LogP contribution in [0.1, 0.15) is 54.9 Å². The predicted molar refractivity (Wildman–Crippen MR) is 85.7 cm³/mol. The molecule has 0 spiro atoms. The number of carbonyl (C=O) groups is 2. The summed E-state index contributed by atoms with van der Waals surface area (Å²) in [6, 6.07) is -0.358. The summed E-state index contributed by atoms with van der Waals surface area (Å²) < 4.78 is 0. The molecule has 21 heavy (non-hydrogen) atoms. The highest BCUT2D eigenvalue weighted by atomic mass is 16.2. The van der Waals surface area contributed by atoms with Crippen molar-refractivity contribution >= 4 is 11.8 Å². The molecule has 2 amide bonds. The van der Waals surface area contributed by atoms with Crippen molar-refractivity contribution in [1.29, 1.82) is 0 Å². The van der Waals surface area contributed by atoms with E-state index < -0.39 is 6.04 Å². The van der Waals surface area contributed by atoms with Crippen LogP contribution in [0, 0.1) is 17.3 Å². The van der Waals surface area contributed by atoms with E-state index in [0.717, 1.165) is 6.42 Å². The molecule has 0 aromatic heterocycles. The zero-order chi connectivity index (χ0) is 16.4. The van der Waals surface area contributed by atoms with E-state index in [1.807, 2.05) is 27.7 Å². The average Bonchev–Trinajstić information content (AvgIpc) is 2.89. The van der Waals surface area contributed by atoms with E-state index in [1.54, 1.807) is 6.92 Å². The van der Waals surface area contributed by atoms with Crippen molar-refractivity contribution in [2.75, 3.05) is 0 Å². The maximum Gasteiger partial charge on any atom is 0.242 e. The second-order valence-corrected chi connectivity index (χ2v) is 7.12. The van der Waals surface area contributed by atoms with Gasteiger partial charge in [-0.15, -0.1) is 0 Å². The predicted octanol–water partition coefficient (Wildman–Crippen LogP) is 2.64. The van der Waals surface area contributed by atoms with E-state index in [-0.39, 0.29) is 35.1 Å². The molecule has 4 nitrogen and oxygen atoms in total. The molecule has 1 fully saturated rings. The third-order valence-electron chi connectivity index (χ3n) is 4.46. The van der Waals surface area contributed by atoms with Crippen molar-refractivity contribution in [3.63, 3.8) is 0 Å². The lowest BCUT2D eigenvalue weighted by Crippen LogP contribution is -2.48. The number of amides is 2. The maximum atomic E-state index is 12.4. The highest BCUT2D eigenvalue weighted by Gasteiger charge is 2.60. The molecule has 4 atom stereocenters. The lowest BCUT2D eigenvalue weighted by atomic mass is 10.1. The summed E-state index contributed by atoms with van der Waals surface area (Å²) in [6.07, 6.45) is 3.04. The molecule has 4 heteroatoms. The van der Waals surface area contributed by atoms with E-state index in [1.165, 1.54) is 5.57 Å². The number of hydrogen-bond acceptors (Lipinski definition) is 2. The normalized spacial score (nSPS) is 25.5. The van der Waals surface area contributed by atoms with Gasteiger partial charge >= 0.3 is 0 Å². The van der Waals surface area contributed by atoms with Gasteiger partial charge in [0.15, 0.2) is 0 Å². The Balaban J connectivity index is 2.58. The third-order valence-corrected chi connectivity index (χ3v) is 4.46. The van der Waals surface area contributed by atoms with Crippen LogP contribution in [-0.4, -0.2) is 23.9 Å². The van der Waals surface area contributed by atoms with Crippen LogP contribution in [0.5, 0.6) is 0 Å². The molecule has 0 aliphatic heterocycles. The highest BCUT2D eigenvalue weighted by molar-refractivity contribution is 5.90. The first-order chi connectivity index (χ1) is 9.61. The van der Waals surface area contributed by atoms with Crippen LogP contribution in [0.2, 0.25) is 0 Å². The number of carbonyl (C=O) groups excluding carboxylic acids is 2. The average molecular weight is 294 g/mol. The molecule has 1 aliphatic rings. The third kappa shape index (κ3) is 4.32. The molecule has 1 rings (SSSR count). The number of hydrogen-bond donors (Lipinski definition) is 2. The van der Waals surface area contributed by atoms with Gasteiger partial charge in [-0.3, -0.25) is 9.59 Å². The molecule has 0 saturated heterocycles. The maximum absolute atomic E-state index is 12.4. The van der Waals surface area contributed by atoms with Gasteiger partial charge in [0, 0.05) is 6.04 Å². The summed E-state index contributed by atoms with van der Waals surface area (Å²) in [5.41, 5.74) is 1.21. The molecule has 120 valence electrons.